The van der Waals surface area contributed by atoms with Crippen LogP contribution in [0.1, 0.15) is 29.9 Å². The number of esters is 1. The monoisotopic (exact) mass is 371 g/mol. The Morgan fingerprint density at radius 1 is 1.27 bits per heavy atom. The molecule has 0 fully saturated rings. The van der Waals surface area contributed by atoms with Gasteiger partial charge in [-0.1, -0.05) is 0 Å². The first-order chi connectivity index (χ1) is 12.4. The van der Waals surface area contributed by atoms with Gasteiger partial charge in [0.1, 0.15) is 0 Å². The quantitative estimate of drug-likeness (QED) is 0.531. The minimum atomic E-state index is -0.946. The largest absolute Gasteiger partial charge is 0.452 e. The van der Waals surface area contributed by atoms with Crippen molar-refractivity contribution < 1.29 is 19.1 Å². The summed E-state index contributed by atoms with van der Waals surface area (Å²) in [4.78, 5) is 40.5. The van der Waals surface area contributed by atoms with Crippen LogP contribution < -0.4 is 5.32 Å². The number of fused-ring (bicyclic) bond motifs is 1. The third-order valence-corrected chi connectivity index (χ3v) is 4.48. The number of hydrogen-bond acceptors (Lipinski definition) is 6. The molecule has 0 bridgehead atoms. The Balaban J connectivity index is 1.53. The van der Waals surface area contributed by atoms with E-state index >= 15 is 0 Å². The van der Waals surface area contributed by atoms with E-state index in [1.54, 1.807) is 30.5 Å². The van der Waals surface area contributed by atoms with Crippen LogP contribution in [0.4, 0.5) is 5.69 Å². The molecule has 0 saturated carbocycles. The van der Waals surface area contributed by atoms with Gasteiger partial charge in [0.2, 0.25) is 0 Å². The molecule has 0 aliphatic carbocycles. The number of ketones is 1. The average Bonchev–Trinajstić information content (AvgIpc) is 3.16. The number of anilines is 1. The maximum Gasteiger partial charge on any atom is 0.312 e. The van der Waals surface area contributed by atoms with Gasteiger partial charge in [-0.25, -0.2) is 4.98 Å². The van der Waals surface area contributed by atoms with Crippen molar-refractivity contribution in [2.45, 2.75) is 26.4 Å². The van der Waals surface area contributed by atoms with E-state index in [0.717, 1.165) is 4.96 Å². The van der Waals surface area contributed by atoms with Crippen LogP contribution in [0.15, 0.2) is 42.0 Å². The van der Waals surface area contributed by atoms with Crippen LogP contribution in [-0.4, -0.2) is 33.1 Å². The summed E-state index contributed by atoms with van der Waals surface area (Å²) in [6, 6.07) is 6.50. The molecule has 1 amide bonds. The first-order valence-electron chi connectivity index (χ1n) is 7.95. The van der Waals surface area contributed by atoms with E-state index in [1.165, 1.54) is 25.2 Å². The zero-order valence-corrected chi connectivity index (χ0v) is 15.1. The van der Waals surface area contributed by atoms with E-state index in [0.29, 0.717) is 16.9 Å². The fourth-order valence-corrected chi connectivity index (χ4v) is 3.05. The lowest BCUT2D eigenvalue weighted by Crippen LogP contribution is -2.30. The number of Topliss-reactive ketones (excluding diaryl/α,β-unsaturated/α-hetero) is 1. The molecule has 3 aromatic rings. The minimum Gasteiger partial charge on any atom is -0.452 e. The van der Waals surface area contributed by atoms with Crippen molar-refractivity contribution in [2.24, 2.45) is 0 Å². The summed E-state index contributed by atoms with van der Waals surface area (Å²) in [6.07, 6.45) is 2.67. The molecule has 1 N–H and O–H groups in total. The summed E-state index contributed by atoms with van der Waals surface area (Å²) < 4.78 is 7.00. The van der Waals surface area contributed by atoms with Crippen LogP contribution >= 0.6 is 11.3 Å². The molecule has 0 radical (unpaired) electrons. The van der Waals surface area contributed by atoms with Gasteiger partial charge in [-0.05, 0) is 38.1 Å². The lowest BCUT2D eigenvalue weighted by molar-refractivity contribution is -0.152. The highest BCUT2D eigenvalue weighted by molar-refractivity contribution is 7.15. The highest BCUT2D eigenvalue weighted by Gasteiger charge is 2.19. The van der Waals surface area contributed by atoms with Gasteiger partial charge in [0.25, 0.3) is 5.91 Å². The molecule has 26 heavy (non-hydrogen) atoms. The standard InChI is InChI=1S/C18H17N3O4S/c1-11(22)13-3-5-14(6-4-13)19-17(24)12(2)25-16(23)9-15-10-21-7-8-26-18(21)20-15/h3-8,10,12H,9H2,1-2H3,(H,19,24)/t12-/m0/s1. The number of benzene rings is 1. The number of carbonyl (C=O) groups excluding carboxylic acids is 3. The Kier molecular flexibility index (Phi) is 5.13. The van der Waals surface area contributed by atoms with Gasteiger partial charge in [0.05, 0.1) is 12.1 Å². The first-order valence-corrected chi connectivity index (χ1v) is 8.83. The summed E-state index contributed by atoms with van der Waals surface area (Å²) in [7, 11) is 0. The molecule has 0 aliphatic heterocycles. The van der Waals surface area contributed by atoms with Gasteiger partial charge < -0.3 is 10.1 Å². The molecule has 8 heteroatoms. The third-order valence-electron chi connectivity index (χ3n) is 3.71. The Labute approximate surface area is 153 Å². The number of imidazole rings is 1. The predicted molar refractivity (Wildman–Crippen MR) is 97.4 cm³/mol. The second-order valence-corrected chi connectivity index (χ2v) is 6.63. The van der Waals surface area contributed by atoms with Crippen molar-refractivity contribution in [3.8, 4) is 0 Å². The Hall–Kier alpha value is -3.00. The molecule has 7 nitrogen and oxygen atoms in total. The molecule has 1 aromatic carbocycles. The summed E-state index contributed by atoms with van der Waals surface area (Å²) in [5.74, 6) is -1.02. The van der Waals surface area contributed by atoms with Crippen molar-refractivity contribution in [3.05, 3.63) is 53.3 Å². The maximum absolute atomic E-state index is 12.1. The van der Waals surface area contributed by atoms with E-state index < -0.39 is 18.0 Å². The molecule has 2 aromatic heterocycles. The van der Waals surface area contributed by atoms with Crippen LogP contribution in [-0.2, 0) is 20.7 Å². The van der Waals surface area contributed by atoms with Gasteiger partial charge >= 0.3 is 5.97 Å². The second-order valence-electron chi connectivity index (χ2n) is 5.76. The maximum atomic E-state index is 12.1. The first kappa shape index (κ1) is 17.8. The Morgan fingerprint density at radius 3 is 2.65 bits per heavy atom. The van der Waals surface area contributed by atoms with Crippen molar-refractivity contribution in [1.29, 1.82) is 0 Å². The van der Waals surface area contributed by atoms with Crippen molar-refractivity contribution >= 4 is 39.6 Å². The van der Waals surface area contributed by atoms with Gasteiger partial charge in [0, 0.05) is 29.0 Å². The molecule has 0 unspecified atom stereocenters. The van der Waals surface area contributed by atoms with Gasteiger partial charge in [-0.15, -0.1) is 11.3 Å². The van der Waals surface area contributed by atoms with Gasteiger partial charge in [-0.2, -0.15) is 0 Å². The molecule has 1 atom stereocenters. The second kappa shape index (κ2) is 7.49. The van der Waals surface area contributed by atoms with E-state index in [-0.39, 0.29) is 12.2 Å². The molecule has 0 spiro atoms. The van der Waals surface area contributed by atoms with Crippen molar-refractivity contribution in [3.63, 3.8) is 0 Å². The van der Waals surface area contributed by atoms with Gasteiger partial charge in [0.15, 0.2) is 16.8 Å². The summed E-state index contributed by atoms with van der Waals surface area (Å²) in [5, 5.41) is 4.55. The Bertz CT molecular complexity index is 930. The zero-order chi connectivity index (χ0) is 18.7. The molecule has 3 rings (SSSR count). The number of carbonyl (C=O) groups is 3. The van der Waals surface area contributed by atoms with E-state index in [2.05, 4.69) is 10.3 Å². The van der Waals surface area contributed by atoms with Crippen molar-refractivity contribution in [1.82, 2.24) is 9.38 Å². The van der Waals surface area contributed by atoms with Crippen LogP contribution in [0.2, 0.25) is 0 Å². The van der Waals surface area contributed by atoms with E-state index in [4.69, 9.17) is 4.74 Å². The predicted octanol–water partition coefficient (Wildman–Crippen LogP) is 2.71. The van der Waals surface area contributed by atoms with E-state index in [9.17, 15) is 14.4 Å². The number of nitrogens with one attached hydrogen (secondary N) is 1. The molecular weight excluding hydrogens is 354 g/mol. The number of nitrogens with zero attached hydrogens (tertiary/aromatic N) is 2. The highest BCUT2D eigenvalue weighted by Crippen LogP contribution is 2.13. The number of thiazole rings is 1. The van der Waals surface area contributed by atoms with Crippen LogP contribution in [0.3, 0.4) is 0 Å². The van der Waals surface area contributed by atoms with Crippen LogP contribution in [0.5, 0.6) is 0 Å². The lowest BCUT2D eigenvalue weighted by atomic mass is 10.1. The summed E-state index contributed by atoms with van der Waals surface area (Å²) in [6.45, 7) is 2.97. The number of aromatic nitrogens is 2. The SMILES string of the molecule is CC(=O)c1ccc(NC(=O)[C@H](C)OC(=O)Cc2cn3ccsc3n2)cc1. The number of rotatable bonds is 6. The fourth-order valence-electron chi connectivity index (χ4n) is 2.33. The van der Waals surface area contributed by atoms with Crippen LogP contribution in [0, 0.1) is 0 Å². The lowest BCUT2D eigenvalue weighted by Gasteiger charge is -2.13. The fraction of sp³-hybridized carbons (Fsp3) is 0.222. The average molecular weight is 371 g/mol. The number of ether oxygens (including phenoxy) is 1. The zero-order valence-electron chi connectivity index (χ0n) is 14.3. The van der Waals surface area contributed by atoms with Crippen molar-refractivity contribution in [2.75, 3.05) is 5.32 Å². The summed E-state index contributed by atoms with van der Waals surface area (Å²) in [5.41, 5.74) is 1.67. The Morgan fingerprint density at radius 2 is 2.00 bits per heavy atom. The molecule has 2 heterocycles. The van der Waals surface area contributed by atoms with Crippen LogP contribution in [0.25, 0.3) is 4.96 Å². The number of amides is 1. The molecule has 134 valence electrons. The topological polar surface area (TPSA) is 89.8 Å². The minimum absolute atomic E-state index is 0.000666. The third kappa shape index (κ3) is 4.15. The summed E-state index contributed by atoms with van der Waals surface area (Å²) >= 11 is 1.47. The molecular formula is C18H17N3O4S. The smallest absolute Gasteiger partial charge is 0.312 e. The highest BCUT2D eigenvalue weighted by atomic mass is 32.1. The van der Waals surface area contributed by atoms with E-state index in [1.807, 2.05) is 16.0 Å². The van der Waals surface area contributed by atoms with Gasteiger partial charge in [-0.3, -0.25) is 18.8 Å². The molecule has 0 aliphatic rings. The normalized spacial score (nSPS) is 11.9. The molecule has 0 saturated heterocycles. The number of hydrogen-bond donors (Lipinski definition) is 1.